The lowest BCUT2D eigenvalue weighted by Gasteiger charge is -2.08. The van der Waals surface area contributed by atoms with Gasteiger partial charge in [0.25, 0.3) is 0 Å². The number of amides is 1. The van der Waals surface area contributed by atoms with E-state index >= 15 is 0 Å². The van der Waals surface area contributed by atoms with E-state index in [9.17, 15) is 4.79 Å². The van der Waals surface area contributed by atoms with Crippen LogP contribution in [-0.2, 0) is 11.3 Å². The number of hydrogen-bond donors (Lipinski definition) is 1. The summed E-state index contributed by atoms with van der Waals surface area (Å²) in [5.41, 5.74) is 1.82. The first-order valence-corrected chi connectivity index (χ1v) is 10.6. The van der Waals surface area contributed by atoms with Gasteiger partial charge in [0.15, 0.2) is 0 Å². The van der Waals surface area contributed by atoms with Crippen LogP contribution < -0.4 is 14.8 Å². The highest BCUT2D eigenvalue weighted by Gasteiger charge is 2.02. The van der Waals surface area contributed by atoms with E-state index in [0.29, 0.717) is 25.6 Å². The summed E-state index contributed by atoms with van der Waals surface area (Å²) in [6.07, 6.45) is 4.91. The fourth-order valence-corrected chi connectivity index (χ4v) is 3.65. The van der Waals surface area contributed by atoms with Gasteiger partial charge in [0, 0.05) is 24.9 Å². The standard InChI is InChI=1S/C24H21N3O3S/c28-22(11-13-24-27-20-8-4-5-9-21(20)31-24)25-16-18-10-12-23(26-17-18)30-15-14-29-19-6-2-1-3-7-19/h1-13,17H,14-16H2,(H,25,28). The predicted octanol–water partition coefficient (Wildman–Crippen LogP) is 4.48. The first kappa shape index (κ1) is 20.6. The van der Waals surface area contributed by atoms with Gasteiger partial charge in [0.1, 0.15) is 24.0 Å². The molecule has 4 aromatic rings. The third-order valence-electron chi connectivity index (χ3n) is 4.30. The Bertz CT molecular complexity index is 1120. The number of fused-ring (bicyclic) bond motifs is 1. The minimum atomic E-state index is -0.183. The quantitative estimate of drug-likeness (QED) is 0.312. The molecule has 1 N–H and O–H groups in total. The van der Waals surface area contributed by atoms with Crippen molar-refractivity contribution in [3.05, 3.63) is 89.6 Å². The normalized spacial score (nSPS) is 11.0. The zero-order chi connectivity index (χ0) is 21.3. The molecule has 2 aromatic carbocycles. The van der Waals surface area contributed by atoms with Gasteiger partial charge < -0.3 is 14.8 Å². The molecule has 0 bridgehead atoms. The number of hydrogen-bond acceptors (Lipinski definition) is 6. The maximum atomic E-state index is 12.1. The summed E-state index contributed by atoms with van der Waals surface area (Å²) < 4.78 is 12.3. The van der Waals surface area contributed by atoms with Crippen molar-refractivity contribution in [2.75, 3.05) is 13.2 Å². The van der Waals surface area contributed by atoms with Gasteiger partial charge in [-0.05, 0) is 35.9 Å². The molecule has 31 heavy (non-hydrogen) atoms. The number of thiazole rings is 1. The molecule has 0 aliphatic heterocycles. The zero-order valence-electron chi connectivity index (χ0n) is 16.7. The van der Waals surface area contributed by atoms with Crippen molar-refractivity contribution in [2.45, 2.75) is 6.54 Å². The minimum absolute atomic E-state index is 0.183. The number of nitrogens with one attached hydrogen (secondary N) is 1. The fraction of sp³-hybridized carbons (Fsp3) is 0.125. The van der Waals surface area contributed by atoms with Crippen molar-refractivity contribution in [3.63, 3.8) is 0 Å². The molecule has 0 radical (unpaired) electrons. The van der Waals surface area contributed by atoms with Crippen LogP contribution >= 0.6 is 11.3 Å². The lowest BCUT2D eigenvalue weighted by molar-refractivity contribution is -0.116. The smallest absolute Gasteiger partial charge is 0.244 e. The van der Waals surface area contributed by atoms with Crippen LogP contribution in [-0.4, -0.2) is 29.1 Å². The lowest BCUT2D eigenvalue weighted by Crippen LogP contribution is -2.20. The molecular weight excluding hydrogens is 410 g/mol. The first-order chi connectivity index (χ1) is 15.3. The first-order valence-electron chi connectivity index (χ1n) is 9.83. The molecule has 4 rings (SSSR count). The molecule has 156 valence electrons. The van der Waals surface area contributed by atoms with E-state index in [2.05, 4.69) is 15.3 Å². The van der Waals surface area contributed by atoms with Crippen LogP contribution in [0.25, 0.3) is 16.3 Å². The molecule has 0 saturated heterocycles. The number of aromatic nitrogens is 2. The SMILES string of the molecule is O=C(C=Cc1nc2ccccc2s1)NCc1ccc(OCCOc2ccccc2)nc1. The molecule has 2 heterocycles. The highest BCUT2D eigenvalue weighted by Crippen LogP contribution is 2.22. The van der Waals surface area contributed by atoms with Crippen molar-refractivity contribution in [1.29, 1.82) is 0 Å². The summed E-state index contributed by atoms with van der Waals surface area (Å²) in [6.45, 7) is 1.21. The van der Waals surface area contributed by atoms with Gasteiger partial charge in [-0.15, -0.1) is 11.3 Å². The van der Waals surface area contributed by atoms with Gasteiger partial charge in [-0.25, -0.2) is 9.97 Å². The fourth-order valence-electron chi connectivity index (χ4n) is 2.78. The van der Waals surface area contributed by atoms with Gasteiger partial charge in [-0.2, -0.15) is 0 Å². The van der Waals surface area contributed by atoms with Gasteiger partial charge in [-0.1, -0.05) is 36.4 Å². The average Bonchev–Trinajstić information content (AvgIpc) is 3.24. The van der Waals surface area contributed by atoms with E-state index in [0.717, 1.165) is 26.5 Å². The number of rotatable bonds is 9. The molecule has 0 saturated carbocycles. The summed E-state index contributed by atoms with van der Waals surface area (Å²) in [4.78, 5) is 20.8. The van der Waals surface area contributed by atoms with Crippen LogP contribution in [0, 0.1) is 0 Å². The van der Waals surface area contributed by atoms with Crippen molar-refractivity contribution < 1.29 is 14.3 Å². The highest BCUT2D eigenvalue weighted by molar-refractivity contribution is 7.19. The molecule has 0 fully saturated rings. The maximum absolute atomic E-state index is 12.1. The van der Waals surface area contributed by atoms with Crippen molar-refractivity contribution in [3.8, 4) is 11.6 Å². The second kappa shape index (κ2) is 10.4. The Labute approximate surface area is 184 Å². The number of nitrogens with zero attached hydrogens (tertiary/aromatic N) is 2. The molecule has 0 atom stereocenters. The Kier molecular flexibility index (Phi) is 6.87. The van der Waals surface area contributed by atoms with Crippen molar-refractivity contribution in [2.24, 2.45) is 0 Å². The van der Waals surface area contributed by atoms with E-state index in [1.807, 2.05) is 60.7 Å². The molecule has 6 nitrogen and oxygen atoms in total. The van der Waals surface area contributed by atoms with E-state index in [-0.39, 0.29) is 5.91 Å². The Morgan fingerprint density at radius 1 is 0.968 bits per heavy atom. The number of pyridine rings is 1. The second-order valence-corrected chi connectivity index (χ2v) is 7.65. The third kappa shape index (κ3) is 6.13. The van der Waals surface area contributed by atoms with Crippen LogP contribution in [0.2, 0.25) is 0 Å². The van der Waals surface area contributed by atoms with Gasteiger partial charge in [0.05, 0.1) is 10.2 Å². The summed E-state index contributed by atoms with van der Waals surface area (Å²) in [7, 11) is 0. The van der Waals surface area contributed by atoms with E-state index in [1.165, 1.54) is 6.08 Å². The molecule has 1 amide bonds. The summed E-state index contributed by atoms with van der Waals surface area (Å²) in [6, 6.07) is 21.1. The van der Waals surface area contributed by atoms with E-state index in [1.54, 1.807) is 29.7 Å². The van der Waals surface area contributed by atoms with Crippen molar-refractivity contribution in [1.82, 2.24) is 15.3 Å². The maximum Gasteiger partial charge on any atom is 0.244 e. The summed E-state index contributed by atoms with van der Waals surface area (Å²) in [5, 5.41) is 3.64. The van der Waals surface area contributed by atoms with Crippen LogP contribution in [0.3, 0.4) is 0 Å². The third-order valence-corrected chi connectivity index (χ3v) is 5.30. The number of carbonyl (C=O) groups is 1. The Morgan fingerprint density at radius 2 is 1.77 bits per heavy atom. The molecule has 2 aromatic heterocycles. The topological polar surface area (TPSA) is 73.3 Å². The Hall–Kier alpha value is -3.71. The molecule has 0 aliphatic rings. The molecule has 0 spiro atoms. The molecule has 0 aliphatic carbocycles. The van der Waals surface area contributed by atoms with Crippen LogP contribution in [0.4, 0.5) is 0 Å². The number of benzene rings is 2. The Morgan fingerprint density at radius 3 is 2.58 bits per heavy atom. The predicted molar refractivity (Wildman–Crippen MR) is 122 cm³/mol. The molecule has 7 heteroatoms. The van der Waals surface area contributed by atoms with Crippen LogP contribution in [0.15, 0.2) is 79.0 Å². The van der Waals surface area contributed by atoms with Gasteiger partial charge >= 0.3 is 0 Å². The largest absolute Gasteiger partial charge is 0.490 e. The van der Waals surface area contributed by atoms with E-state index in [4.69, 9.17) is 9.47 Å². The summed E-state index contributed by atoms with van der Waals surface area (Å²) >= 11 is 1.55. The minimum Gasteiger partial charge on any atom is -0.490 e. The van der Waals surface area contributed by atoms with Crippen molar-refractivity contribution >= 4 is 33.5 Å². The van der Waals surface area contributed by atoms with Gasteiger partial charge in [-0.3, -0.25) is 4.79 Å². The van der Waals surface area contributed by atoms with Crippen LogP contribution in [0.1, 0.15) is 10.6 Å². The summed E-state index contributed by atoms with van der Waals surface area (Å²) in [5.74, 6) is 1.14. The van der Waals surface area contributed by atoms with E-state index < -0.39 is 0 Å². The average molecular weight is 432 g/mol. The highest BCUT2D eigenvalue weighted by atomic mass is 32.1. The lowest BCUT2D eigenvalue weighted by atomic mass is 10.3. The monoisotopic (exact) mass is 431 g/mol. The second-order valence-electron chi connectivity index (χ2n) is 6.59. The number of para-hydroxylation sites is 2. The van der Waals surface area contributed by atoms with Crippen LogP contribution in [0.5, 0.6) is 11.6 Å². The van der Waals surface area contributed by atoms with Gasteiger partial charge in [0.2, 0.25) is 11.8 Å². The molecular formula is C24H21N3O3S. The zero-order valence-corrected chi connectivity index (χ0v) is 17.5. The Balaban J connectivity index is 1.19. The number of carbonyl (C=O) groups excluding carboxylic acids is 1. The molecule has 0 unspecified atom stereocenters. The number of ether oxygens (including phenoxy) is 2.